The lowest BCUT2D eigenvalue weighted by Gasteiger charge is -2.08. The van der Waals surface area contributed by atoms with Crippen LogP contribution < -0.4 is 10.5 Å². The number of hydrogen-bond acceptors (Lipinski definition) is 5. The zero-order valence-electron chi connectivity index (χ0n) is 10.0. The first kappa shape index (κ1) is 15.2. The maximum absolute atomic E-state index is 12.0. The van der Waals surface area contributed by atoms with Crippen molar-refractivity contribution in [2.75, 3.05) is 10.5 Å². The lowest BCUT2D eigenvalue weighted by Crippen LogP contribution is -2.16. The topological polar surface area (TPSA) is 98.0 Å². The minimum Gasteiger partial charge on any atom is -0.399 e. The van der Waals surface area contributed by atoms with E-state index in [1.807, 2.05) is 0 Å². The summed E-state index contributed by atoms with van der Waals surface area (Å²) >= 11 is 6.29. The Morgan fingerprint density at radius 3 is 2.45 bits per heavy atom. The van der Waals surface area contributed by atoms with Crippen LogP contribution in [0.1, 0.15) is 5.56 Å². The van der Waals surface area contributed by atoms with Gasteiger partial charge in [0.25, 0.3) is 0 Å². The molecule has 0 aliphatic rings. The molecule has 0 aliphatic heterocycles. The lowest BCUT2D eigenvalue weighted by atomic mass is 10.2. The minimum absolute atomic E-state index is 0.142. The molecular formula is C11H10Br2N4O2S. The summed E-state index contributed by atoms with van der Waals surface area (Å²) in [6.45, 7) is 0. The van der Waals surface area contributed by atoms with Crippen molar-refractivity contribution in [2.24, 2.45) is 0 Å². The Kier molecular flexibility index (Phi) is 4.61. The summed E-state index contributed by atoms with van der Waals surface area (Å²) in [4.78, 5) is 7.96. The van der Waals surface area contributed by atoms with Gasteiger partial charge < -0.3 is 5.73 Å². The normalized spacial score (nSPS) is 11.3. The second kappa shape index (κ2) is 6.06. The van der Waals surface area contributed by atoms with Gasteiger partial charge >= 0.3 is 0 Å². The summed E-state index contributed by atoms with van der Waals surface area (Å²) in [6.07, 6.45) is 1.41. The molecule has 2 aromatic rings. The van der Waals surface area contributed by atoms with E-state index in [2.05, 4.69) is 46.5 Å². The minimum atomic E-state index is -3.57. The molecule has 0 saturated heterocycles. The molecule has 1 aromatic heterocycles. The molecule has 106 valence electrons. The molecule has 1 heterocycles. The van der Waals surface area contributed by atoms with E-state index in [0.717, 1.165) is 0 Å². The summed E-state index contributed by atoms with van der Waals surface area (Å²) in [7, 11) is -3.57. The van der Waals surface area contributed by atoms with Crippen LogP contribution in [0, 0.1) is 0 Å². The standard InChI is InChI=1S/C11H10Br2N4O2S/c12-9-5-15-11(10(13)16-9)17-20(18,19)6-7-1-3-8(14)4-2-7/h1-5H,6,14H2,(H,15,17). The van der Waals surface area contributed by atoms with Gasteiger partial charge in [0.15, 0.2) is 10.4 Å². The predicted molar refractivity (Wildman–Crippen MR) is 84.5 cm³/mol. The first-order valence-corrected chi connectivity index (χ1v) is 8.62. The number of nitrogens with one attached hydrogen (secondary N) is 1. The highest BCUT2D eigenvalue weighted by Crippen LogP contribution is 2.21. The van der Waals surface area contributed by atoms with E-state index in [1.165, 1.54) is 6.20 Å². The average molecular weight is 422 g/mol. The van der Waals surface area contributed by atoms with E-state index in [9.17, 15) is 8.42 Å². The molecule has 3 N–H and O–H groups in total. The number of benzene rings is 1. The van der Waals surface area contributed by atoms with E-state index in [0.29, 0.717) is 20.5 Å². The fraction of sp³-hybridized carbons (Fsp3) is 0.0909. The van der Waals surface area contributed by atoms with Gasteiger partial charge in [-0.05, 0) is 49.6 Å². The molecule has 0 bridgehead atoms. The summed E-state index contributed by atoms with van der Waals surface area (Å²) in [5, 5.41) is 0. The molecule has 6 nitrogen and oxygen atoms in total. The summed E-state index contributed by atoms with van der Waals surface area (Å²) in [5.41, 5.74) is 6.77. The second-order valence-corrected chi connectivity index (χ2v) is 7.22. The molecule has 0 unspecified atom stereocenters. The fourth-order valence-corrected chi connectivity index (χ4v) is 3.62. The number of nitrogens with zero attached hydrogens (tertiary/aromatic N) is 2. The Balaban J connectivity index is 2.17. The van der Waals surface area contributed by atoms with Crippen LogP contribution in [-0.4, -0.2) is 18.4 Å². The van der Waals surface area contributed by atoms with E-state index in [1.54, 1.807) is 24.3 Å². The molecule has 0 atom stereocenters. The van der Waals surface area contributed by atoms with Crippen molar-refractivity contribution >= 4 is 53.4 Å². The van der Waals surface area contributed by atoms with Gasteiger partial charge in [-0.15, -0.1) is 0 Å². The van der Waals surface area contributed by atoms with Crippen LogP contribution in [0.4, 0.5) is 11.5 Å². The van der Waals surface area contributed by atoms with Crippen LogP contribution >= 0.6 is 31.9 Å². The number of aromatic nitrogens is 2. The van der Waals surface area contributed by atoms with Crippen molar-refractivity contribution in [1.29, 1.82) is 0 Å². The first-order chi connectivity index (χ1) is 9.35. The molecule has 0 saturated carbocycles. The highest BCUT2D eigenvalue weighted by atomic mass is 79.9. The highest BCUT2D eigenvalue weighted by Gasteiger charge is 2.15. The van der Waals surface area contributed by atoms with Crippen LogP contribution in [0.3, 0.4) is 0 Å². The van der Waals surface area contributed by atoms with E-state index < -0.39 is 10.0 Å². The van der Waals surface area contributed by atoms with E-state index in [-0.39, 0.29) is 11.6 Å². The first-order valence-electron chi connectivity index (χ1n) is 5.39. The van der Waals surface area contributed by atoms with Gasteiger partial charge in [0.1, 0.15) is 4.60 Å². The number of nitrogen functional groups attached to an aromatic ring is 1. The molecule has 0 spiro atoms. The molecule has 9 heteroatoms. The monoisotopic (exact) mass is 420 g/mol. The zero-order valence-corrected chi connectivity index (χ0v) is 14.0. The van der Waals surface area contributed by atoms with E-state index in [4.69, 9.17) is 5.73 Å². The van der Waals surface area contributed by atoms with Gasteiger partial charge in [-0.3, -0.25) is 4.72 Å². The molecule has 0 radical (unpaired) electrons. The molecule has 0 fully saturated rings. The van der Waals surface area contributed by atoms with Crippen molar-refractivity contribution < 1.29 is 8.42 Å². The molecular weight excluding hydrogens is 412 g/mol. The number of anilines is 2. The lowest BCUT2D eigenvalue weighted by molar-refractivity contribution is 0.600. The van der Waals surface area contributed by atoms with Gasteiger partial charge in [0, 0.05) is 5.69 Å². The Hall–Kier alpha value is -1.19. The van der Waals surface area contributed by atoms with Gasteiger partial charge in [0.2, 0.25) is 10.0 Å². The second-order valence-electron chi connectivity index (χ2n) is 3.93. The number of nitrogens with two attached hydrogens (primary N) is 1. The Morgan fingerprint density at radius 1 is 1.20 bits per heavy atom. The fourth-order valence-electron chi connectivity index (χ4n) is 1.43. The number of hydrogen-bond donors (Lipinski definition) is 2. The maximum Gasteiger partial charge on any atom is 0.238 e. The van der Waals surface area contributed by atoms with Gasteiger partial charge in [-0.1, -0.05) is 12.1 Å². The summed E-state index contributed by atoms with van der Waals surface area (Å²) in [5.74, 6) is -0.0269. The Bertz CT molecular complexity index is 720. The third-order valence-electron chi connectivity index (χ3n) is 2.29. The van der Waals surface area contributed by atoms with Crippen molar-refractivity contribution in [3.05, 3.63) is 45.2 Å². The van der Waals surface area contributed by atoms with Gasteiger partial charge in [-0.2, -0.15) is 0 Å². The van der Waals surface area contributed by atoms with Gasteiger partial charge in [-0.25, -0.2) is 18.4 Å². The SMILES string of the molecule is Nc1ccc(CS(=O)(=O)Nc2ncc(Br)nc2Br)cc1. The Morgan fingerprint density at radius 2 is 1.85 bits per heavy atom. The number of halogens is 2. The van der Waals surface area contributed by atoms with Crippen LogP contribution in [-0.2, 0) is 15.8 Å². The average Bonchev–Trinajstić information content (AvgIpc) is 2.35. The molecule has 0 aliphatic carbocycles. The zero-order chi connectivity index (χ0) is 14.8. The smallest absolute Gasteiger partial charge is 0.238 e. The molecule has 0 amide bonds. The van der Waals surface area contributed by atoms with Crippen molar-refractivity contribution in [1.82, 2.24) is 9.97 Å². The third kappa shape index (κ3) is 4.15. The van der Waals surface area contributed by atoms with Crippen LogP contribution in [0.5, 0.6) is 0 Å². The van der Waals surface area contributed by atoms with Crippen molar-refractivity contribution in [3.63, 3.8) is 0 Å². The summed E-state index contributed by atoms with van der Waals surface area (Å²) in [6, 6.07) is 6.63. The van der Waals surface area contributed by atoms with Gasteiger partial charge in [0.05, 0.1) is 11.9 Å². The molecule has 20 heavy (non-hydrogen) atoms. The van der Waals surface area contributed by atoms with Crippen molar-refractivity contribution in [2.45, 2.75) is 5.75 Å². The Labute approximate surface area is 133 Å². The maximum atomic E-state index is 12.0. The van der Waals surface area contributed by atoms with Crippen LogP contribution in [0.25, 0.3) is 0 Å². The number of sulfonamides is 1. The highest BCUT2D eigenvalue weighted by molar-refractivity contribution is 9.11. The third-order valence-corrected chi connectivity index (χ3v) is 4.44. The van der Waals surface area contributed by atoms with E-state index >= 15 is 0 Å². The summed E-state index contributed by atoms with van der Waals surface area (Å²) < 4.78 is 27.3. The predicted octanol–water partition coefficient (Wildman–Crippen LogP) is 2.53. The largest absolute Gasteiger partial charge is 0.399 e. The quantitative estimate of drug-likeness (QED) is 0.739. The molecule has 1 aromatic carbocycles. The molecule has 2 rings (SSSR count). The van der Waals surface area contributed by atoms with Crippen LogP contribution in [0.2, 0.25) is 0 Å². The van der Waals surface area contributed by atoms with Crippen molar-refractivity contribution in [3.8, 4) is 0 Å². The number of rotatable bonds is 4. The van der Waals surface area contributed by atoms with Crippen LogP contribution in [0.15, 0.2) is 39.7 Å².